The first kappa shape index (κ1) is 18.9. The molecule has 138 valence electrons. The molecule has 0 fully saturated rings. The zero-order valence-electron chi connectivity index (χ0n) is 14.3. The maximum absolute atomic E-state index is 13.7. The van der Waals surface area contributed by atoms with Gasteiger partial charge < -0.3 is 14.8 Å². The lowest BCUT2D eigenvalue weighted by Crippen LogP contribution is -2.28. The van der Waals surface area contributed by atoms with Crippen molar-refractivity contribution in [3.05, 3.63) is 58.4 Å². The molecule has 1 N–H and O–H groups in total. The largest absolute Gasteiger partial charge is 0.486 e. The number of ether oxygens (including phenoxy) is 2. The van der Waals surface area contributed by atoms with Crippen LogP contribution in [0.25, 0.3) is 0 Å². The Morgan fingerprint density at radius 1 is 1.23 bits per heavy atom. The van der Waals surface area contributed by atoms with Crippen molar-refractivity contribution in [2.75, 3.05) is 19.0 Å². The normalized spacial score (nSPS) is 14.0. The molecule has 2 aromatic rings. The molecular formula is C19H19ClFNO3S. The molecule has 0 saturated heterocycles. The van der Waals surface area contributed by atoms with Gasteiger partial charge in [-0.05, 0) is 42.3 Å². The molecule has 1 aliphatic heterocycles. The molecule has 1 aliphatic rings. The lowest BCUT2D eigenvalue weighted by atomic mass is 10.1. The molecule has 0 unspecified atom stereocenters. The summed E-state index contributed by atoms with van der Waals surface area (Å²) in [6.45, 7) is 2.98. The summed E-state index contributed by atoms with van der Waals surface area (Å²) in [6, 6.07) is 10.0. The fourth-order valence-electron chi connectivity index (χ4n) is 2.59. The van der Waals surface area contributed by atoms with Crippen molar-refractivity contribution in [3.8, 4) is 11.5 Å². The molecule has 2 aromatic carbocycles. The molecule has 0 radical (unpaired) electrons. The first-order chi connectivity index (χ1) is 12.5. The van der Waals surface area contributed by atoms with Gasteiger partial charge in [-0.15, -0.1) is 11.8 Å². The monoisotopic (exact) mass is 395 g/mol. The number of hydrogen-bond acceptors (Lipinski definition) is 4. The molecule has 7 heteroatoms. The summed E-state index contributed by atoms with van der Waals surface area (Å²) < 4.78 is 24.8. The van der Waals surface area contributed by atoms with Gasteiger partial charge in [0.15, 0.2) is 11.5 Å². The number of fused-ring (bicyclic) bond motifs is 1. The van der Waals surface area contributed by atoms with Crippen LogP contribution in [-0.2, 0) is 10.5 Å². The molecule has 1 heterocycles. The number of thioether (sulfide) groups is 1. The average molecular weight is 396 g/mol. The Morgan fingerprint density at radius 2 is 2.00 bits per heavy atom. The molecule has 1 atom stereocenters. The van der Waals surface area contributed by atoms with E-state index in [1.54, 1.807) is 12.1 Å². The van der Waals surface area contributed by atoms with Crippen molar-refractivity contribution in [1.29, 1.82) is 0 Å². The third kappa shape index (κ3) is 4.83. The quantitative estimate of drug-likeness (QED) is 0.789. The second kappa shape index (κ2) is 8.64. The van der Waals surface area contributed by atoms with E-state index in [2.05, 4.69) is 5.32 Å². The summed E-state index contributed by atoms with van der Waals surface area (Å²) >= 11 is 7.09. The topological polar surface area (TPSA) is 47.6 Å². The Morgan fingerprint density at radius 3 is 2.77 bits per heavy atom. The molecule has 0 bridgehead atoms. The van der Waals surface area contributed by atoms with Gasteiger partial charge in [0.1, 0.15) is 19.0 Å². The highest BCUT2D eigenvalue weighted by molar-refractivity contribution is 7.99. The SMILES string of the molecule is C[C@@H](NC(=O)CSCc1ccc(Cl)cc1F)c1ccc2c(c1)OCCO2. The van der Waals surface area contributed by atoms with Crippen molar-refractivity contribution >= 4 is 29.3 Å². The number of carbonyl (C=O) groups excluding carboxylic acids is 1. The summed E-state index contributed by atoms with van der Waals surface area (Å²) in [5.41, 5.74) is 1.48. The van der Waals surface area contributed by atoms with E-state index in [1.165, 1.54) is 17.8 Å². The van der Waals surface area contributed by atoms with E-state index in [9.17, 15) is 9.18 Å². The predicted molar refractivity (Wildman–Crippen MR) is 102 cm³/mol. The van der Waals surface area contributed by atoms with Gasteiger partial charge in [0.2, 0.25) is 5.91 Å². The van der Waals surface area contributed by atoms with Gasteiger partial charge >= 0.3 is 0 Å². The van der Waals surface area contributed by atoms with Crippen LogP contribution in [0.4, 0.5) is 4.39 Å². The highest BCUT2D eigenvalue weighted by Crippen LogP contribution is 2.32. The number of hydrogen-bond donors (Lipinski definition) is 1. The Hall–Kier alpha value is -1.92. The fourth-order valence-corrected chi connectivity index (χ4v) is 3.57. The summed E-state index contributed by atoms with van der Waals surface area (Å²) in [5, 5.41) is 3.31. The summed E-state index contributed by atoms with van der Waals surface area (Å²) in [6.07, 6.45) is 0. The van der Waals surface area contributed by atoms with Gasteiger partial charge in [0, 0.05) is 10.8 Å². The average Bonchev–Trinajstić information content (AvgIpc) is 2.63. The van der Waals surface area contributed by atoms with Crippen molar-refractivity contribution in [1.82, 2.24) is 5.32 Å². The summed E-state index contributed by atoms with van der Waals surface area (Å²) in [4.78, 5) is 12.1. The van der Waals surface area contributed by atoms with Crippen LogP contribution >= 0.6 is 23.4 Å². The van der Waals surface area contributed by atoms with E-state index >= 15 is 0 Å². The lowest BCUT2D eigenvalue weighted by Gasteiger charge is -2.21. The molecule has 0 aromatic heterocycles. The molecule has 1 amide bonds. The zero-order valence-corrected chi connectivity index (χ0v) is 15.8. The van der Waals surface area contributed by atoms with E-state index < -0.39 is 0 Å². The van der Waals surface area contributed by atoms with E-state index in [1.807, 2.05) is 25.1 Å². The lowest BCUT2D eigenvalue weighted by molar-refractivity contribution is -0.119. The Balaban J connectivity index is 1.49. The molecule has 0 aliphatic carbocycles. The van der Waals surface area contributed by atoms with Gasteiger partial charge in [0.25, 0.3) is 0 Å². The Kier molecular flexibility index (Phi) is 6.27. The third-order valence-corrected chi connectivity index (χ3v) is 5.17. The molecule has 26 heavy (non-hydrogen) atoms. The van der Waals surface area contributed by atoms with Crippen LogP contribution in [0.2, 0.25) is 5.02 Å². The third-order valence-electron chi connectivity index (χ3n) is 3.95. The summed E-state index contributed by atoms with van der Waals surface area (Å²) in [7, 11) is 0. The first-order valence-electron chi connectivity index (χ1n) is 8.23. The van der Waals surface area contributed by atoms with Crippen LogP contribution < -0.4 is 14.8 Å². The van der Waals surface area contributed by atoms with E-state index in [-0.39, 0.29) is 23.5 Å². The number of benzene rings is 2. The van der Waals surface area contributed by atoms with Crippen LogP contribution in [0.5, 0.6) is 11.5 Å². The minimum Gasteiger partial charge on any atom is -0.486 e. The van der Waals surface area contributed by atoms with Crippen molar-refractivity contribution in [3.63, 3.8) is 0 Å². The van der Waals surface area contributed by atoms with E-state index in [0.717, 1.165) is 11.3 Å². The molecular weight excluding hydrogens is 377 g/mol. The van der Waals surface area contributed by atoms with Gasteiger partial charge in [-0.3, -0.25) is 4.79 Å². The van der Waals surface area contributed by atoms with E-state index in [0.29, 0.717) is 35.3 Å². The first-order valence-corrected chi connectivity index (χ1v) is 9.77. The second-order valence-electron chi connectivity index (χ2n) is 5.92. The Labute approximate surface area is 161 Å². The molecule has 0 saturated carbocycles. The second-order valence-corrected chi connectivity index (χ2v) is 7.34. The maximum Gasteiger partial charge on any atom is 0.230 e. The number of rotatable bonds is 6. The number of carbonyl (C=O) groups is 1. The Bertz CT molecular complexity index is 802. The van der Waals surface area contributed by atoms with Crippen molar-refractivity contribution < 1.29 is 18.7 Å². The van der Waals surface area contributed by atoms with Crippen LogP contribution in [0, 0.1) is 5.82 Å². The smallest absolute Gasteiger partial charge is 0.230 e. The van der Waals surface area contributed by atoms with Crippen molar-refractivity contribution in [2.24, 2.45) is 0 Å². The standard InChI is InChI=1S/C19H19ClFNO3S/c1-12(13-3-5-17-18(8-13)25-7-6-24-17)22-19(23)11-26-10-14-2-4-15(20)9-16(14)21/h2-5,8-9,12H,6-7,10-11H2,1H3,(H,22,23)/t12-/m1/s1. The van der Waals surface area contributed by atoms with Crippen LogP contribution in [0.15, 0.2) is 36.4 Å². The highest BCUT2D eigenvalue weighted by atomic mass is 35.5. The summed E-state index contributed by atoms with van der Waals surface area (Å²) in [5.74, 6) is 1.62. The van der Waals surface area contributed by atoms with Crippen LogP contribution in [0.1, 0.15) is 24.1 Å². The minimum atomic E-state index is -0.352. The van der Waals surface area contributed by atoms with Gasteiger partial charge in [-0.25, -0.2) is 4.39 Å². The number of amides is 1. The maximum atomic E-state index is 13.7. The zero-order chi connectivity index (χ0) is 18.5. The van der Waals surface area contributed by atoms with E-state index in [4.69, 9.17) is 21.1 Å². The van der Waals surface area contributed by atoms with Gasteiger partial charge in [0.05, 0.1) is 11.8 Å². The van der Waals surface area contributed by atoms with Gasteiger partial charge in [-0.2, -0.15) is 0 Å². The van der Waals surface area contributed by atoms with Crippen molar-refractivity contribution in [2.45, 2.75) is 18.7 Å². The number of nitrogens with one attached hydrogen (secondary N) is 1. The van der Waals surface area contributed by atoms with Crippen LogP contribution in [-0.4, -0.2) is 24.9 Å². The number of halogens is 2. The molecule has 4 nitrogen and oxygen atoms in total. The molecule has 3 rings (SSSR count). The predicted octanol–water partition coefficient (Wildman–Crippen LogP) is 4.36. The fraction of sp³-hybridized carbons (Fsp3) is 0.316. The molecule has 0 spiro atoms. The minimum absolute atomic E-state index is 0.105. The van der Waals surface area contributed by atoms with Gasteiger partial charge in [-0.1, -0.05) is 23.7 Å². The highest BCUT2D eigenvalue weighted by Gasteiger charge is 2.16. The van der Waals surface area contributed by atoms with Crippen LogP contribution in [0.3, 0.4) is 0 Å².